The summed E-state index contributed by atoms with van der Waals surface area (Å²) in [6.45, 7) is 0.774. The number of rotatable bonds is 3. The van der Waals surface area contributed by atoms with Gasteiger partial charge in [-0.05, 0) is 49.2 Å². The van der Waals surface area contributed by atoms with Gasteiger partial charge >= 0.3 is 0 Å². The number of hydrogen-bond acceptors (Lipinski definition) is 3. The van der Waals surface area contributed by atoms with Gasteiger partial charge in [0.1, 0.15) is 5.82 Å². The predicted octanol–water partition coefficient (Wildman–Crippen LogP) is 3.61. The number of nitrogens with zero attached hydrogens (tertiary/aromatic N) is 3. The van der Waals surface area contributed by atoms with Crippen LogP contribution in [-0.2, 0) is 0 Å². The Labute approximate surface area is 147 Å². The second kappa shape index (κ2) is 6.24. The molecule has 2 aromatic carbocycles. The fourth-order valence-corrected chi connectivity index (χ4v) is 3.49. The summed E-state index contributed by atoms with van der Waals surface area (Å²) in [6, 6.07) is 15.8. The molecule has 1 saturated heterocycles. The van der Waals surface area contributed by atoms with E-state index >= 15 is 0 Å². The molecular formula is C20H22N4O. The molecule has 0 radical (unpaired) electrons. The van der Waals surface area contributed by atoms with Crippen molar-refractivity contribution in [2.45, 2.75) is 18.9 Å². The summed E-state index contributed by atoms with van der Waals surface area (Å²) in [5, 5.41) is 0. The number of imidazole rings is 1. The summed E-state index contributed by atoms with van der Waals surface area (Å²) in [4.78, 5) is 25.1. The average Bonchev–Trinajstić information content (AvgIpc) is 3.27. The van der Waals surface area contributed by atoms with E-state index in [-0.39, 0.29) is 11.9 Å². The highest BCUT2D eigenvalue weighted by Gasteiger charge is 2.32. The molecule has 1 aliphatic rings. The largest absolute Gasteiger partial charge is 0.378 e. The van der Waals surface area contributed by atoms with Crippen LogP contribution in [0.3, 0.4) is 0 Å². The summed E-state index contributed by atoms with van der Waals surface area (Å²) in [7, 11) is 3.99. The minimum absolute atomic E-state index is 0.0217. The minimum Gasteiger partial charge on any atom is -0.378 e. The molecule has 0 bridgehead atoms. The Morgan fingerprint density at radius 3 is 2.64 bits per heavy atom. The molecule has 25 heavy (non-hydrogen) atoms. The molecule has 1 atom stereocenters. The Balaban J connectivity index is 1.61. The summed E-state index contributed by atoms with van der Waals surface area (Å²) >= 11 is 0. The van der Waals surface area contributed by atoms with Gasteiger partial charge in [-0.25, -0.2) is 4.98 Å². The smallest absolute Gasteiger partial charge is 0.254 e. The third kappa shape index (κ3) is 2.86. The summed E-state index contributed by atoms with van der Waals surface area (Å²) in [6.07, 6.45) is 1.95. The second-order valence-corrected chi connectivity index (χ2v) is 6.74. The van der Waals surface area contributed by atoms with E-state index in [0.717, 1.165) is 47.5 Å². The maximum Gasteiger partial charge on any atom is 0.254 e. The lowest BCUT2D eigenvalue weighted by molar-refractivity contribution is 0.0730. The minimum atomic E-state index is 0.0217. The average molecular weight is 334 g/mol. The standard InChI is InChI=1S/C20H22N4O/c1-23(2)15-11-9-14(10-12-15)20(25)24-13-5-8-18(24)19-21-16-6-3-4-7-17(16)22-19/h3-4,6-7,9-12,18H,5,8,13H2,1-2H3,(H,21,22)/t18-/m0/s1. The first-order chi connectivity index (χ1) is 12.1. The number of amides is 1. The molecule has 1 N–H and O–H groups in total. The van der Waals surface area contributed by atoms with Crippen LogP contribution >= 0.6 is 0 Å². The zero-order chi connectivity index (χ0) is 17.4. The number of likely N-dealkylation sites (tertiary alicyclic amines) is 1. The van der Waals surface area contributed by atoms with Crippen LogP contribution in [0, 0.1) is 0 Å². The molecule has 1 aromatic heterocycles. The predicted molar refractivity (Wildman–Crippen MR) is 99.9 cm³/mol. The first-order valence-corrected chi connectivity index (χ1v) is 8.66. The molecule has 3 aromatic rings. The maximum absolute atomic E-state index is 13.0. The van der Waals surface area contributed by atoms with Crippen molar-refractivity contribution in [1.29, 1.82) is 0 Å². The van der Waals surface area contributed by atoms with Gasteiger partial charge in [0.2, 0.25) is 0 Å². The summed E-state index contributed by atoms with van der Waals surface area (Å²) < 4.78 is 0. The Morgan fingerprint density at radius 1 is 1.16 bits per heavy atom. The van der Waals surface area contributed by atoms with Gasteiger partial charge in [-0.3, -0.25) is 4.79 Å². The van der Waals surface area contributed by atoms with Crippen molar-refractivity contribution in [3.8, 4) is 0 Å². The van der Waals surface area contributed by atoms with Crippen molar-refractivity contribution in [2.75, 3.05) is 25.5 Å². The second-order valence-electron chi connectivity index (χ2n) is 6.74. The van der Waals surface area contributed by atoms with Crippen LogP contribution in [0.25, 0.3) is 11.0 Å². The Kier molecular flexibility index (Phi) is 3.92. The number of anilines is 1. The number of nitrogens with one attached hydrogen (secondary N) is 1. The molecule has 0 saturated carbocycles. The third-order valence-corrected chi connectivity index (χ3v) is 4.87. The van der Waals surface area contributed by atoms with Gasteiger partial charge in [0.25, 0.3) is 5.91 Å². The van der Waals surface area contributed by atoms with Gasteiger partial charge in [0.05, 0.1) is 17.1 Å². The van der Waals surface area contributed by atoms with Gasteiger partial charge in [-0.1, -0.05) is 12.1 Å². The lowest BCUT2D eigenvalue weighted by atomic mass is 10.1. The Hall–Kier alpha value is -2.82. The molecule has 128 valence electrons. The van der Waals surface area contributed by atoms with Crippen LogP contribution in [-0.4, -0.2) is 41.4 Å². The fourth-order valence-electron chi connectivity index (χ4n) is 3.49. The Morgan fingerprint density at radius 2 is 1.92 bits per heavy atom. The molecule has 5 heteroatoms. The molecule has 2 heterocycles. The van der Waals surface area contributed by atoms with E-state index in [0.29, 0.717) is 0 Å². The van der Waals surface area contributed by atoms with Crippen molar-refractivity contribution >= 4 is 22.6 Å². The van der Waals surface area contributed by atoms with Gasteiger partial charge in [0.15, 0.2) is 0 Å². The number of fused-ring (bicyclic) bond motifs is 1. The first-order valence-electron chi connectivity index (χ1n) is 8.66. The van der Waals surface area contributed by atoms with Crippen molar-refractivity contribution in [1.82, 2.24) is 14.9 Å². The van der Waals surface area contributed by atoms with Gasteiger partial charge in [0, 0.05) is 31.9 Å². The maximum atomic E-state index is 13.0. The molecule has 0 unspecified atom stereocenters. The number of aromatic amines is 1. The highest BCUT2D eigenvalue weighted by Crippen LogP contribution is 2.32. The van der Waals surface area contributed by atoms with Crippen LogP contribution in [0.5, 0.6) is 0 Å². The van der Waals surface area contributed by atoms with E-state index < -0.39 is 0 Å². The molecule has 4 rings (SSSR count). The highest BCUT2D eigenvalue weighted by molar-refractivity contribution is 5.95. The van der Waals surface area contributed by atoms with E-state index in [1.165, 1.54) is 0 Å². The van der Waals surface area contributed by atoms with Crippen LogP contribution in [0.1, 0.15) is 35.1 Å². The van der Waals surface area contributed by atoms with E-state index in [2.05, 4.69) is 4.98 Å². The number of hydrogen-bond donors (Lipinski definition) is 1. The van der Waals surface area contributed by atoms with Crippen LogP contribution < -0.4 is 4.90 Å². The molecule has 1 amide bonds. The zero-order valence-corrected chi connectivity index (χ0v) is 14.6. The van der Waals surface area contributed by atoms with Gasteiger partial charge < -0.3 is 14.8 Å². The quantitative estimate of drug-likeness (QED) is 0.796. The molecule has 1 aliphatic heterocycles. The number of benzene rings is 2. The lowest BCUT2D eigenvalue weighted by Crippen LogP contribution is -2.31. The SMILES string of the molecule is CN(C)c1ccc(C(=O)N2CCC[C@H]2c2nc3ccccc3[nH]2)cc1. The van der Waals surface area contributed by atoms with Crippen molar-refractivity contribution in [3.05, 3.63) is 59.9 Å². The molecule has 0 aliphatic carbocycles. The fraction of sp³-hybridized carbons (Fsp3) is 0.300. The van der Waals surface area contributed by atoms with Crippen LogP contribution in [0.15, 0.2) is 48.5 Å². The van der Waals surface area contributed by atoms with Crippen LogP contribution in [0.2, 0.25) is 0 Å². The van der Waals surface area contributed by atoms with Crippen molar-refractivity contribution in [2.24, 2.45) is 0 Å². The number of H-pyrrole nitrogens is 1. The summed E-state index contributed by atoms with van der Waals surface area (Å²) in [5.41, 5.74) is 3.79. The normalized spacial score (nSPS) is 17.2. The number of carbonyl (C=O) groups is 1. The number of aromatic nitrogens is 2. The molecule has 0 spiro atoms. The van der Waals surface area contributed by atoms with Gasteiger partial charge in [-0.2, -0.15) is 0 Å². The first kappa shape index (κ1) is 15.7. The number of carbonyl (C=O) groups excluding carboxylic acids is 1. The summed E-state index contributed by atoms with van der Waals surface area (Å²) in [5.74, 6) is 0.963. The molecule has 1 fully saturated rings. The molecular weight excluding hydrogens is 312 g/mol. The lowest BCUT2D eigenvalue weighted by Gasteiger charge is -2.23. The van der Waals surface area contributed by atoms with Gasteiger partial charge in [-0.15, -0.1) is 0 Å². The topological polar surface area (TPSA) is 52.2 Å². The zero-order valence-electron chi connectivity index (χ0n) is 14.6. The third-order valence-electron chi connectivity index (χ3n) is 4.87. The van der Waals surface area contributed by atoms with E-state index in [1.807, 2.05) is 72.4 Å². The van der Waals surface area contributed by atoms with E-state index in [1.54, 1.807) is 0 Å². The van der Waals surface area contributed by atoms with Crippen molar-refractivity contribution < 1.29 is 4.79 Å². The number of para-hydroxylation sites is 2. The highest BCUT2D eigenvalue weighted by atomic mass is 16.2. The monoisotopic (exact) mass is 334 g/mol. The van der Waals surface area contributed by atoms with Crippen LogP contribution in [0.4, 0.5) is 5.69 Å². The van der Waals surface area contributed by atoms with Crippen molar-refractivity contribution in [3.63, 3.8) is 0 Å². The van der Waals surface area contributed by atoms with E-state index in [9.17, 15) is 4.79 Å². The molecule has 5 nitrogen and oxygen atoms in total. The Bertz CT molecular complexity index is 864. The van der Waals surface area contributed by atoms with E-state index in [4.69, 9.17) is 4.98 Å².